The monoisotopic (exact) mass is 262 g/mol. The molecule has 2 atom stereocenters. The molecule has 3 rings (SSSR count). The van der Waals surface area contributed by atoms with Gasteiger partial charge in [0.2, 0.25) is 0 Å². The van der Waals surface area contributed by atoms with Gasteiger partial charge in [0.15, 0.2) is 0 Å². The maximum Gasteiger partial charge on any atom is 0.117 e. The van der Waals surface area contributed by atoms with Gasteiger partial charge in [0.05, 0.1) is 6.54 Å². The van der Waals surface area contributed by atoms with E-state index in [9.17, 15) is 0 Å². The minimum Gasteiger partial charge on any atom is -0.464 e. The lowest BCUT2D eigenvalue weighted by atomic mass is 9.75. The lowest BCUT2D eigenvalue weighted by Crippen LogP contribution is -2.56. The molecule has 1 aromatic heterocycles. The van der Waals surface area contributed by atoms with Crippen molar-refractivity contribution in [2.75, 3.05) is 20.6 Å². The molecule has 3 heteroatoms. The van der Waals surface area contributed by atoms with Gasteiger partial charge in [-0.1, -0.05) is 6.92 Å². The molecule has 1 aromatic rings. The van der Waals surface area contributed by atoms with E-state index in [4.69, 9.17) is 4.42 Å². The number of hydrogen-bond donors (Lipinski definition) is 1. The number of furan rings is 1. The normalized spacial score (nSPS) is 28.4. The second kappa shape index (κ2) is 4.95. The van der Waals surface area contributed by atoms with E-state index in [2.05, 4.69) is 43.4 Å². The van der Waals surface area contributed by atoms with E-state index < -0.39 is 0 Å². The zero-order chi connectivity index (χ0) is 13.5. The predicted octanol–water partition coefficient (Wildman–Crippen LogP) is 2.98. The molecule has 1 heterocycles. The Hall–Kier alpha value is -0.800. The zero-order valence-electron chi connectivity index (χ0n) is 12.4. The number of rotatable bonds is 6. The summed E-state index contributed by atoms with van der Waals surface area (Å²) in [7, 11) is 4.39. The lowest BCUT2D eigenvalue weighted by molar-refractivity contribution is 0.0593. The van der Waals surface area contributed by atoms with E-state index in [0.29, 0.717) is 11.5 Å². The van der Waals surface area contributed by atoms with Crippen molar-refractivity contribution in [3.63, 3.8) is 0 Å². The Labute approximate surface area is 116 Å². The molecule has 2 aliphatic rings. The first-order valence-electron chi connectivity index (χ1n) is 7.57. The third kappa shape index (κ3) is 2.59. The first-order chi connectivity index (χ1) is 9.11. The smallest absolute Gasteiger partial charge is 0.117 e. The van der Waals surface area contributed by atoms with Crippen LogP contribution in [0.1, 0.15) is 50.0 Å². The molecule has 19 heavy (non-hydrogen) atoms. The molecule has 0 aliphatic heterocycles. The van der Waals surface area contributed by atoms with Gasteiger partial charge >= 0.3 is 0 Å². The third-order valence-electron chi connectivity index (χ3n) is 5.14. The summed E-state index contributed by atoms with van der Waals surface area (Å²) in [5.74, 6) is 3.78. The van der Waals surface area contributed by atoms with E-state index in [1.54, 1.807) is 0 Å². The Kier molecular flexibility index (Phi) is 3.44. The Morgan fingerprint density at radius 3 is 2.63 bits per heavy atom. The van der Waals surface area contributed by atoms with Crippen LogP contribution in [0.3, 0.4) is 0 Å². The molecule has 2 saturated carbocycles. The highest BCUT2D eigenvalue weighted by Gasteiger charge is 2.39. The summed E-state index contributed by atoms with van der Waals surface area (Å²) in [4.78, 5) is 2.38. The minimum atomic E-state index is 0.389. The molecule has 0 aromatic carbocycles. The van der Waals surface area contributed by atoms with Gasteiger partial charge < -0.3 is 14.6 Å². The fraction of sp³-hybridized carbons (Fsp3) is 0.750. The van der Waals surface area contributed by atoms with Gasteiger partial charge in [-0.3, -0.25) is 0 Å². The van der Waals surface area contributed by atoms with Gasteiger partial charge in [-0.25, -0.2) is 0 Å². The van der Waals surface area contributed by atoms with Crippen molar-refractivity contribution in [3.8, 4) is 0 Å². The van der Waals surface area contributed by atoms with Gasteiger partial charge in [-0.15, -0.1) is 0 Å². The van der Waals surface area contributed by atoms with Crippen molar-refractivity contribution in [2.24, 2.45) is 5.92 Å². The van der Waals surface area contributed by atoms with Gasteiger partial charge in [-0.05, 0) is 57.8 Å². The minimum absolute atomic E-state index is 0.389. The van der Waals surface area contributed by atoms with Crippen LogP contribution in [0.25, 0.3) is 0 Å². The quantitative estimate of drug-likeness (QED) is 0.854. The molecule has 2 fully saturated rings. The standard InChI is InChI=1S/C16H26N2O/c1-12-9-14(12)15-6-5-13(19-15)10-17-11-16(18(2)3)7-4-8-16/h5-6,12,14,17H,4,7-11H2,1-3H3. The van der Waals surface area contributed by atoms with E-state index in [-0.39, 0.29) is 0 Å². The highest BCUT2D eigenvalue weighted by atomic mass is 16.3. The second-order valence-corrected chi connectivity index (χ2v) is 6.70. The number of likely N-dealkylation sites (N-methyl/N-ethyl adjacent to an activating group) is 1. The summed E-state index contributed by atoms with van der Waals surface area (Å²) in [5, 5.41) is 3.57. The molecule has 2 aliphatic carbocycles. The summed E-state index contributed by atoms with van der Waals surface area (Å²) in [6, 6.07) is 4.30. The van der Waals surface area contributed by atoms with Crippen LogP contribution in [0, 0.1) is 5.92 Å². The van der Waals surface area contributed by atoms with Gasteiger partial charge in [0.25, 0.3) is 0 Å². The van der Waals surface area contributed by atoms with Crippen molar-refractivity contribution >= 4 is 0 Å². The average Bonchev–Trinajstić information content (AvgIpc) is 2.87. The van der Waals surface area contributed by atoms with Crippen molar-refractivity contribution in [1.82, 2.24) is 10.2 Å². The Bertz CT molecular complexity index is 434. The second-order valence-electron chi connectivity index (χ2n) is 6.70. The summed E-state index contributed by atoms with van der Waals surface area (Å²) in [6.07, 6.45) is 5.29. The maximum absolute atomic E-state index is 5.93. The van der Waals surface area contributed by atoms with Crippen molar-refractivity contribution < 1.29 is 4.42 Å². The summed E-state index contributed by atoms with van der Waals surface area (Å²) < 4.78 is 5.93. The molecule has 1 N–H and O–H groups in total. The zero-order valence-corrected chi connectivity index (χ0v) is 12.4. The largest absolute Gasteiger partial charge is 0.464 e. The Morgan fingerprint density at radius 2 is 2.11 bits per heavy atom. The van der Waals surface area contributed by atoms with E-state index in [1.165, 1.54) is 31.4 Å². The van der Waals surface area contributed by atoms with Crippen molar-refractivity contribution in [3.05, 3.63) is 23.7 Å². The highest BCUT2D eigenvalue weighted by Crippen LogP contribution is 2.47. The van der Waals surface area contributed by atoms with Crippen LogP contribution in [0.15, 0.2) is 16.5 Å². The number of nitrogens with zero attached hydrogens (tertiary/aromatic N) is 1. The van der Waals surface area contributed by atoms with Crippen molar-refractivity contribution in [1.29, 1.82) is 0 Å². The molecule has 2 unspecified atom stereocenters. The number of hydrogen-bond acceptors (Lipinski definition) is 3. The van der Waals surface area contributed by atoms with E-state index in [1.807, 2.05) is 0 Å². The first kappa shape index (κ1) is 13.2. The molecule has 0 saturated heterocycles. The fourth-order valence-electron chi connectivity index (χ4n) is 3.19. The predicted molar refractivity (Wildman–Crippen MR) is 77.2 cm³/mol. The fourth-order valence-corrected chi connectivity index (χ4v) is 3.19. The van der Waals surface area contributed by atoms with Crippen LogP contribution in [-0.2, 0) is 6.54 Å². The SMILES string of the molecule is CC1CC1c1ccc(CNCC2(N(C)C)CCC2)o1. The maximum atomic E-state index is 5.93. The topological polar surface area (TPSA) is 28.4 Å². The summed E-state index contributed by atoms with van der Waals surface area (Å²) in [6.45, 7) is 4.22. The molecule has 0 spiro atoms. The van der Waals surface area contributed by atoms with Crippen LogP contribution in [0.5, 0.6) is 0 Å². The van der Waals surface area contributed by atoms with Crippen LogP contribution >= 0.6 is 0 Å². The molecular formula is C16H26N2O. The van der Waals surface area contributed by atoms with Gasteiger partial charge in [-0.2, -0.15) is 0 Å². The Balaban J connectivity index is 1.48. The summed E-state index contributed by atoms with van der Waals surface area (Å²) in [5.41, 5.74) is 0.389. The lowest BCUT2D eigenvalue weighted by Gasteiger charge is -2.47. The van der Waals surface area contributed by atoms with E-state index in [0.717, 1.165) is 24.8 Å². The summed E-state index contributed by atoms with van der Waals surface area (Å²) >= 11 is 0. The van der Waals surface area contributed by atoms with Crippen LogP contribution in [0.2, 0.25) is 0 Å². The molecule has 0 bridgehead atoms. The molecular weight excluding hydrogens is 236 g/mol. The van der Waals surface area contributed by atoms with Crippen LogP contribution in [0.4, 0.5) is 0 Å². The van der Waals surface area contributed by atoms with Gasteiger partial charge in [0.1, 0.15) is 11.5 Å². The average molecular weight is 262 g/mol. The van der Waals surface area contributed by atoms with Gasteiger partial charge in [0, 0.05) is 18.0 Å². The van der Waals surface area contributed by atoms with Crippen molar-refractivity contribution in [2.45, 2.75) is 50.6 Å². The third-order valence-corrected chi connectivity index (χ3v) is 5.14. The molecule has 3 nitrogen and oxygen atoms in total. The van der Waals surface area contributed by atoms with E-state index >= 15 is 0 Å². The first-order valence-corrected chi connectivity index (χ1v) is 7.57. The molecule has 106 valence electrons. The molecule has 0 amide bonds. The molecule has 0 radical (unpaired) electrons. The van der Waals surface area contributed by atoms with Crippen LogP contribution < -0.4 is 5.32 Å². The number of nitrogens with one attached hydrogen (secondary N) is 1. The van der Waals surface area contributed by atoms with Crippen LogP contribution in [-0.4, -0.2) is 31.1 Å². The Morgan fingerprint density at radius 1 is 1.37 bits per heavy atom. The highest BCUT2D eigenvalue weighted by molar-refractivity contribution is 5.17.